The summed E-state index contributed by atoms with van der Waals surface area (Å²) in [5.74, 6) is 0. The summed E-state index contributed by atoms with van der Waals surface area (Å²) in [4.78, 5) is 0. The molecule has 0 radical (unpaired) electrons. The molecule has 1 unspecified atom stereocenters. The van der Waals surface area contributed by atoms with Crippen molar-refractivity contribution in [1.82, 2.24) is 0 Å². The minimum Gasteiger partial charge on any atom is -0.385 e. The summed E-state index contributed by atoms with van der Waals surface area (Å²) in [5.41, 5.74) is 0. The molecule has 4 atom stereocenters. The van der Waals surface area contributed by atoms with E-state index in [1.807, 2.05) is 0 Å². The van der Waals surface area contributed by atoms with Gasteiger partial charge in [-0.25, -0.2) is 0 Å². The van der Waals surface area contributed by atoms with E-state index in [0.717, 1.165) is 25.7 Å². The van der Waals surface area contributed by atoms with E-state index in [2.05, 4.69) is 13.8 Å². The van der Waals surface area contributed by atoms with Crippen LogP contribution >= 0.6 is 0 Å². The van der Waals surface area contributed by atoms with Crippen molar-refractivity contribution >= 4 is 0 Å². The van der Waals surface area contributed by atoms with Crippen LogP contribution in [0, 0.1) is 0 Å². The van der Waals surface area contributed by atoms with E-state index in [9.17, 15) is 10.2 Å². The Kier molecular flexibility index (Phi) is 7.77. The molecule has 0 spiro atoms. The third kappa shape index (κ3) is 4.82. The number of rotatable bonds is 9. The summed E-state index contributed by atoms with van der Waals surface area (Å²) < 4.78 is 16.3. The van der Waals surface area contributed by atoms with Gasteiger partial charge in [-0.2, -0.15) is 0 Å². The molecule has 0 aromatic heterocycles. The predicted molar refractivity (Wildman–Crippen MR) is 67.3 cm³/mol. The minimum absolute atomic E-state index is 0.352. The standard InChI is InChI=1S/C13H26O5/c1-3-5-7-16-9-10-12(17-8-6-4-2)11(14)13(15)18-10/h10-15H,3-9H2,1-2H3/t10-,11+,12?,13-/m1/s1. The molecule has 0 aromatic carbocycles. The Hall–Kier alpha value is -0.200. The lowest BCUT2D eigenvalue weighted by Crippen LogP contribution is -2.37. The zero-order valence-corrected chi connectivity index (χ0v) is 11.4. The van der Waals surface area contributed by atoms with E-state index in [1.54, 1.807) is 0 Å². The van der Waals surface area contributed by atoms with Crippen molar-refractivity contribution in [1.29, 1.82) is 0 Å². The van der Waals surface area contributed by atoms with Gasteiger partial charge in [-0.05, 0) is 12.8 Å². The monoisotopic (exact) mass is 262 g/mol. The topological polar surface area (TPSA) is 68.2 Å². The Morgan fingerprint density at radius 2 is 1.72 bits per heavy atom. The molecular formula is C13H26O5. The Balaban J connectivity index is 2.32. The Labute approximate surface area is 109 Å². The first kappa shape index (κ1) is 15.9. The highest BCUT2D eigenvalue weighted by atomic mass is 16.7. The van der Waals surface area contributed by atoms with Crippen LogP contribution in [0.5, 0.6) is 0 Å². The maximum absolute atomic E-state index is 9.77. The van der Waals surface area contributed by atoms with Crippen LogP contribution in [0.25, 0.3) is 0 Å². The molecule has 1 heterocycles. The van der Waals surface area contributed by atoms with Gasteiger partial charge in [0.15, 0.2) is 6.29 Å². The van der Waals surface area contributed by atoms with E-state index < -0.39 is 18.5 Å². The first-order valence-corrected chi connectivity index (χ1v) is 6.91. The average Bonchev–Trinajstić information content (AvgIpc) is 2.63. The van der Waals surface area contributed by atoms with Gasteiger partial charge in [-0.3, -0.25) is 0 Å². The van der Waals surface area contributed by atoms with Gasteiger partial charge < -0.3 is 24.4 Å². The second-order valence-corrected chi connectivity index (χ2v) is 4.67. The minimum atomic E-state index is -1.17. The summed E-state index contributed by atoms with van der Waals surface area (Å²) in [6.45, 7) is 5.76. The van der Waals surface area contributed by atoms with E-state index in [1.165, 1.54) is 0 Å². The largest absolute Gasteiger partial charge is 0.385 e. The van der Waals surface area contributed by atoms with Crippen molar-refractivity contribution in [2.24, 2.45) is 0 Å². The highest BCUT2D eigenvalue weighted by Crippen LogP contribution is 2.23. The van der Waals surface area contributed by atoms with E-state index in [0.29, 0.717) is 19.8 Å². The van der Waals surface area contributed by atoms with Gasteiger partial charge in [0.2, 0.25) is 0 Å². The molecule has 108 valence electrons. The SMILES string of the molecule is CCCCOC[C@H]1O[C@@H](O)[C@@H](O)C1OCCCC. The molecule has 1 aliphatic rings. The van der Waals surface area contributed by atoms with Crippen LogP contribution in [-0.4, -0.2) is 54.6 Å². The normalized spacial score (nSPS) is 32.0. The van der Waals surface area contributed by atoms with Gasteiger partial charge in [0.25, 0.3) is 0 Å². The lowest BCUT2D eigenvalue weighted by Gasteiger charge is -2.20. The molecule has 18 heavy (non-hydrogen) atoms. The third-order valence-electron chi connectivity index (χ3n) is 3.04. The smallest absolute Gasteiger partial charge is 0.184 e. The summed E-state index contributed by atoms with van der Waals surface area (Å²) in [5, 5.41) is 19.3. The quantitative estimate of drug-likeness (QED) is 0.608. The predicted octanol–water partition coefficient (Wildman–Crippen LogP) is 1.07. The Morgan fingerprint density at radius 3 is 2.39 bits per heavy atom. The molecule has 2 N–H and O–H groups in total. The summed E-state index contributed by atoms with van der Waals surface area (Å²) >= 11 is 0. The average molecular weight is 262 g/mol. The van der Waals surface area contributed by atoms with Crippen molar-refractivity contribution in [3.63, 3.8) is 0 Å². The van der Waals surface area contributed by atoms with Gasteiger partial charge in [0.1, 0.15) is 18.3 Å². The third-order valence-corrected chi connectivity index (χ3v) is 3.04. The molecule has 1 aliphatic heterocycles. The van der Waals surface area contributed by atoms with Gasteiger partial charge in [-0.1, -0.05) is 26.7 Å². The lowest BCUT2D eigenvalue weighted by molar-refractivity contribution is -0.137. The van der Waals surface area contributed by atoms with Crippen molar-refractivity contribution < 1.29 is 24.4 Å². The summed E-state index contributed by atoms with van der Waals surface area (Å²) in [6, 6.07) is 0. The highest BCUT2D eigenvalue weighted by molar-refractivity contribution is 4.87. The molecule has 0 saturated carbocycles. The second-order valence-electron chi connectivity index (χ2n) is 4.67. The van der Waals surface area contributed by atoms with Crippen molar-refractivity contribution in [2.45, 2.75) is 64.1 Å². The lowest BCUT2D eigenvalue weighted by atomic mass is 10.1. The highest BCUT2D eigenvalue weighted by Gasteiger charge is 2.43. The second kappa shape index (κ2) is 8.82. The maximum atomic E-state index is 9.77. The van der Waals surface area contributed by atoms with Crippen LogP contribution in [0.1, 0.15) is 39.5 Å². The number of hydrogen-bond donors (Lipinski definition) is 2. The van der Waals surface area contributed by atoms with Crippen LogP contribution < -0.4 is 0 Å². The van der Waals surface area contributed by atoms with Gasteiger partial charge >= 0.3 is 0 Å². The summed E-state index contributed by atoms with van der Waals surface area (Å²) in [6.07, 6.45) is 1.01. The Bertz CT molecular complexity index is 212. The fourth-order valence-electron chi connectivity index (χ4n) is 1.87. The maximum Gasteiger partial charge on any atom is 0.184 e. The van der Waals surface area contributed by atoms with Gasteiger partial charge in [0.05, 0.1) is 6.61 Å². The Morgan fingerprint density at radius 1 is 1.06 bits per heavy atom. The molecular weight excluding hydrogens is 236 g/mol. The molecule has 0 aromatic rings. The molecule has 0 aliphatic carbocycles. The van der Waals surface area contributed by atoms with Crippen LogP contribution in [0.2, 0.25) is 0 Å². The number of aliphatic hydroxyl groups is 2. The van der Waals surface area contributed by atoms with Crippen molar-refractivity contribution in [3.05, 3.63) is 0 Å². The molecule has 1 rings (SSSR count). The van der Waals surface area contributed by atoms with Crippen LogP contribution in [0.4, 0.5) is 0 Å². The first-order chi connectivity index (χ1) is 8.70. The van der Waals surface area contributed by atoms with Gasteiger partial charge in [-0.15, -0.1) is 0 Å². The zero-order valence-electron chi connectivity index (χ0n) is 11.4. The molecule has 0 bridgehead atoms. The van der Waals surface area contributed by atoms with Crippen LogP contribution in [0.3, 0.4) is 0 Å². The molecule has 5 nitrogen and oxygen atoms in total. The van der Waals surface area contributed by atoms with Crippen LogP contribution in [0.15, 0.2) is 0 Å². The molecule has 0 amide bonds. The first-order valence-electron chi connectivity index (χ1n) is 6.91. The van der Waals surface area contributed by atoms with Crippen molar-refractivity contribution in [3.8, 4) is 0 Å². The zero-order chi connectivity index (χ0) is 13.4. The summed E-state index contributed by atoms with van der Waals surface area (Å²) in [7, 11) is 0. The molecule has 5 heteroatoms. The number of ether oxygens (including phenoxy) is 3. The molecule has 1 saturated heterocycles. The van der Waals surface area contributed by atoms with E-state index in [4.69, 9.17) is 14.2 Å². The fourth-order valence-corrected chi connectivity index (χ4v) is 1.87. The van der Waals surface area contributed by atoms with Crippen LogP contribution in [-0.2, 0) is 14.2 Å². The van der Waals surface area contributed by atoms with E-state index >= 15 is 0 Å². The molecule has 1 fully saturated rings. The number of hydrogen-bond acceptors (Lipinski definition) is 5. The fraction of sp³-hybridized carbons (Fsp3) is 1.00. The van der Waals surface area contributed by atoms with Gasteiger partial charge in [0, 0.05) is 13.2 Å². The number of aliphatic hydroxyl groups excluding tert-OH is 2. The number of unbranched alkanes of at least 4 members (excludes halogenated alkanes) is 2. The van der Waals surface area contributed by atoms with Crippen molar-refractivity contribution in [2.75, 3.05) is 19.8 Å². The van der Waals surface area contributed by atoms with E-state index in [-0.39, 0.29) is 6.10 Å².